The molecule has 0 atom stereocenters. The van der Waals surface area contributed by atoms with Gasteiger partial charge in [-0.2, -0.15) is 5.10 Å². The zero-order chi connectivity index (χ0) is 16.6. The second-order valence-electron chi connectivity index (χ2n) is 5.55. The highest BCUT2D eigenvalue weighted by Crippen LogP contribution is 2.30. The number of hydrogen-bond donors (Lipinski definition) is 2. The molecule has 0 saturated heterocycles. The van der Waals surface area contributed by atoms with Crippen LogP contribution in [0.15, 0.2) is 60.2 Å². The molecule has 0 radical (unpaired) electrons. The molecule has 0 saturated carbocycles. The van der Waals surface area contributed by atoms with Crippen molar-refractivity contribution in [2.75, 3.05) is 5.32 Å². The number of pyridine rings is 1. The van der Waals surface area contributed by atoms with Crippen LogP contribution >= 0.6 is 11.3 Å². The Hall–Kier alpha value is -3.32. The van der Waals surface area contributed by atoms with E-state index in [-0.39, 0.29) is 0 Å². The molecule has 0 fully saturated rings. The molecule has 0 bridgehead atoms. The number of anilines is 2. The molecule has 0 aliphatic rings. The van der Waals surface area contributed by atoms with Crippen LogP contribution in [0.25, 0.3) is 32.6 Å². The summed E-state index contributed by atoms with van der Waals surface area (Å²) in [6.45, 7) is 0. The van der Waals surface area contributed by atoms with Gasteiger partial charge >= 0.3 is 0 Å². The quantitative estimate of drug-likeness (QED) is 0.508. The number of benzene rings is 1. The van der Waals surface area contributed by atoms with E-state index in [1.807, 2.05) is 47.8 Å². The number of aromatic amines is 1. The molecule has 25 heavy (non-hydrogen) atoms. The molecule has 0 unspecified atom stereocenters. The molecule has 4 aromatic heterocycles. The lowest BCUT2D eigenvalue weighted by Crippen LogP contribution is -1.98. The van der Waals surface area contributed by atoms with E-state index < -0.39 is 0 Å². The van der Waals surface area contributed by atoms with Crippen LogP contribution in [0.3, 0.4) is 0 Å². The molecule has 0 aliphatic carbocycles. The molecular formula is C18H12N6S. The van der Waals surface area contributed by atoms with Crippen molar-refractivity contribution in [2.24, 2.45) is 0 Å². The highest BCUT2D eigenvalue weighted by Gasteiger charge is 2.11. The van der Waals surface area contributed by atoms with Crippen LogP contribution in [0.1, 0.15) is 0 Å². The minimum Gasteiger partial charge on any atom is -0.340 e. The fourth-order valence-corrected chi connectivity index (χ4v) is 3.48. The van der Waals surface area contributed by atoms with Crippen molar-refractivity contribution in [3.8, 4) is 11.5 Å². The number of thiophene rings is 1. The van der Waals surface area contributed by atoms with Gasteiger partial charge in [0.1, 0.15) is 16.3 Å². The van der Waals surface area contributed by atoms with Gasteiger partial charge in [-0.05, 0) is 41.8 Å². The highest BCUT2D eigenvalue weighted by molar-refractivity contribution is 7.16. The summed E-state index contributed by atoms with van der Waals surface area (Å²) < 4.78 is 0. The Labute approximate surface area is 146 Å². The van der Waals surface area contributed by atoms with E-state index in [1.165, 1.54) is 0 Å². The van der Waals surface area contributed by atoms with Gasteiger partial charge < -0.3 is 5.32 Å². The van der Waals surface area contributed by atoms with Crippen LogP contribution in [0.5, 0.6) is 0 Å². The monoisotopic (exact) mass is 344 g/mol. The van der Waals surface area contributed by atoms with Gasteiger partial charge in [-0.3, -0.25) is 10.1 Å². The fourth-order valence-electron chi connectivity index (χ4n) is 2.72. The Bertz CT molecular complexity index is 1180. The molecule has 2 N–H and O–H groups in total. The molecule has 6 nitrogen and oxygen atoms in total. The van der Waals surface area contributed by atoms with Crippen LogP contribution < -0.4 is 5.32 Å². The van der Waals surface area contributed by atoms with Gasteiger partial charge in [-0.15, -0.1) is 11.3 Å². The Balaban J connectivity index is 1.62. The zero-order valence-electron chi connectivity index (χ0n) is 13.0. The second-order valence-corrected chi connectivity index (χ2v) is 6.44. The first-order valence-corrected chi connectivity index (χ1v) is 8.61. The molecule has 0 spiro atoms. The van der Waals surface area contributed by atoms with Gasteiger partial charge in [-0.25, -0.2) is 9.97 Å². The third-order valence-electron chi connectivity index (χ3n) is 3.92. The minimum atomic E-state index is 0.613. The largest absolute Gasteiger partial charge is 0.340 e. The van der Waals surface area contributed by atoms with Gasteiger partial charge in [0.25, 0.3) is 0 Å². The Morgan fingerprint density at radius 1 is 1.04 bits per heavy atom. The first kappa shape index (κ1) is 14.1. The normalized spacial score (nSPS) is 11.2. The van der Waals surface area contributed by atoms with E-state index in [2.05, 4.69) is 25.5 Å². The lowest BCUT2D eigenvalue weighted by atomic mass is 10.2. The van der Waals surface area contributed by atoms with Crippen molar-refractivity contribution in [3.63, 3.8) is 0 Å². The van der Waals surface area contributed by atoms with Gasteiger partial charge in [0.05, 0.1) is 17.1 Å². The number of fused-ring (bicyclic) bond motifs is 2. The summed E-state index contributed by atoms with van der Waals surface area (Å²) >= 11 is 1.59. The predicted molar refractivity (Wildman–Crippen MR) is 100 cm³/mol. The molecule has 0 amide bonds. The summed E-state index contributed by atoms with van der Waals surface area (Å²) in [6, 6.07) is 13.8. The van der Waals surface area contributed by atoms with E-state index in [4.69, 9.17) is 4.98 Å². The maximum absolute atomic E-state index is 4.70. The molecule has 0 aliphatic heterocycles. The average molecular weight is 344 g/mol. The van der Waals surface area contributed by atoms with Crippen molar-refractivity contribution >= 4 is 44.0 Å². The summed E-state index contributed by atoms with van der Waals surface area (Å²) in [6.07, 6.45) is 3.55. The molecule has 5 rings (SSSR count). The number of H-pyrrole nitrogens is 1. The van der Waals surface area contributed by atoms with Gasteiger partial charge in [0, 0.05) is 17.3 Å². The van der Waals surface area contributed by atoms with Crippen LogP contribution in [0.2, 0.25) is 0 Å². The molecule has 7 heteroatoms. The van der Waals surface area contributed by atoms with Crippen molar-refractivity contribution in [1.29, 1.82) is 0 Å². The summed E-state index contributed by atoms with van der Waals surface area (Å²) in [5.74, 6) is 1.39. The number of rotatable bonds is 3. The molecule has 1 aromatic carbocycles. The number of hydrogen-bond acceptors (Lipinski definition) is 6. The van der Waals surface area contributed by atoms with Crippen LogP contribution in [-0.4, -0.2) is 25.1 Å². The van der Waals surface area contributed by atoms with Crippen molar-refractivity contribution in [2.45, 2.75) is 0 Å². The molecule has 5 aromatic rings. The number of aromatic nitrogens is 5. The second kappa shape index (κ2) is 5.64. The van der Waals surface area contributed by atoms with E-state index >= 15 is 0 Å². The van der Waals surface area contributed by atoms with E-state index in [0.29, 0.717) is 5.82 Å². The maximum atomic E-state index is 4.70. The standard InChI is InChI=1S/C18H12N6S/c1-2-7-19-15(3-1)17-22-16(13-6-8-25-18(13)23-17)21-12-4-5-14-11(9-12)10-20-24-14/h1-10H,(H,20,24)(H,21,22,23). The lowest BCUT2D eigenvalue weighted by Gasteiger charge is -2.09. The van der Waals surface area contributed by atoms with E-state index in [9.17, 15) is 0 Å². The SMILES string of the molecule is c1ccc(-c2nc(Nc3ccc4[nH]ncc4c3)c3ccsc3n2)nc1. The van der Waals surface area contributed by atoms with Crippen LogP contribution in [0.4, 0.5) is 11.5 Å². The van der Waals surface area contributed by atoms with Gasteiger partial charge in [-0.1, -0.05) is 6.07 Å². The predicted octanol–water partition coefficient (Wildman–Crippen LogP) is 4.37. The summed E-state index contributed by atoms with van der Waals surface area (Å²) in [5, 5.41) is 14.5. The van der Waals surface area contributed by atoms with Crippen molar-refractivity contribution in [3.05, 3.63) is 60.2 Å². The highest BCUT2D eigenvalue weighted by atomic mass is 32.1. The number of nitrogens with zero attached hydrogens (tertiary/aromatic N) is 4. The van der Waals surface area contributed by atoms with Crippen LogP contribution in [-0.2, 0) is 0 Å². The third kappa shape index (κ3) is 2.50. The van der Waals surface area contributed by atoms with Crippen molar-refractivity contribution in [1.82, 2.24) is 25.1 Å². The van der Waals surface area contributed by atoms with Gasteiger partial charge in [0.15, 0.2) is 5.82 Å². The summed E-state index contributed by atoms with van der Waals surface area (Å²) in [7, 11) is 0. The molecule has 120 valence electrons. The summed E-state index contributed by atoms with van der Waals surface area (Å²) in [4.78, 5) is 14.6. The van der Waals surface area contributed by atoms with Gasteiger partial charge in [0.2, 0.25) is 0 Å². The van der Waals surface area contributed by atoms with Crippen molar-refractivity contribution < 1.29 is 0 Å². The Morgan fingerprint density at radius 2 is 2.04 bits per heavy atom. The first-order chi connectivity index (χ1) is 12.4. The maximum Gasteiger partial charge on any atom is 0.181 e. The smallest absolute Gasteiger partial charge is 0.181 e. The Morgan fingerprint density at radius 3 is 2.96 bits per heavy atom. The number of nitrogens with one attached hydrogen (secondary N) is 2. The van der Waals surface area contributed by atoms with E-state index in [0.717, 1.165) is 38.3 Å². The third-order valence-corrected chi connectivity index (χ3v) is 4.73. The average Bonchev–Trinajstić information content (AvgIpc) is 3.31. The molecular weight excluding hydrogens is 332 g/mol. The fraction of sp³-hybridized carbons (Fsp3) is 0. The topological polar surface area (TPSA) is 79.4 Å². The zero-order valence-corrected chi connectivity index (χ0v) is 13.8. The lowest BCUT2D eigenvalue weighted by molar-refractivity contribution is 1.12. The first-order valence-electron chi connectivity index (χ1n) is 7.74. The van der Waals surface area contributed by atoms with E-state index in [1.54, 1.807) is 23.7 Å². The molecule has 4 heterocycles. The van der Waals surface area contributed by atoms with Crippen LogP contribution in [0, 0.1) is 0 Å². The summed E-state index contributed by atoms with van der Waals surface area (Å²) in [5.41, 5.74) is 2.71. The Kier molecular flexibility index (Phi) is 3.17. The minimum absolute atomic E-state index is 0.613.